The van der Waals surface area contributed by atoms with Crippen molar-refractivity contribution in [2.24, 2.45) is 16.9 Å². The molecule has 0 radical (unpaired) electrons. The lowest BCUT2D eigenvalue weighted by molar-refractivity contribution is 0.0756. The molecule has 0 unspecified atom stereocenters. The van der Waals surface area contributed by atoms with Gasteiger partial charge in [-0.05, 0) is 25.7 Å². The van der Waals surface area contributed by atoms with E-state index < -0.39 is 0 Å². The predicted octanol–water partition coefficient (Wildman–Crippen LogP) is 0.285. The molecule has 5 nitrogen and oxygen atoms in total. The Morgan fingerprint density at radius 1 is 1.50 bits per heavy atom. The number of rotatable bonds is 3. The first-order chi connectivity index (χ1) is 7.65. The van der Waals surface area contributed by atoms with Crippen LogP contribution in [0.25, 0.3) is 0 Å². The zero-order valence-electron chi connectivity index (χ0n) is 9.65. The molecule has 1 aliphatic carbocycles. The molecule has 16 heavy (non-hydrogen) atoms. The first-order valence-electron chi connectivity index (χ1n) is 6.03. The summed E-state index contributed by atoms with van der Waals surface area (Å²) in [5.74, 6) is 0. The highest BCUT2D eigenvalue weighted by Gasteiger charge is 2.42. The zero-order valence-corrected chi connectivity index (χ0v) is 9.65. The van der Waals surface area contributed by atoms with E-state index in [9.17, 15) is 4.79 Å². The summed E-state index contributed by atoms with van der Waals surface area (Å²) >= 11 is 0. The Hall–Kier alpha value is -0.810. The number of carbonyl (C=O) groups is 1. The van der Waals surface area contributed by atoms with Crippen molar-refractivity contribution in [3.05, 3.63) is 0 Å². The van der Waals surface area contributed by atoms with Crippen molar-refractivity contribution in [3.8, 4) is 0 Å². The van der Waals surface area contributed by atoms with Gasteiger partial charge in [-0.1, -0.05) is 0 Å². The third kappa shape index (κ3) is 2.65. The van der Waals surface area contributed by atoms with Crippen LogP contribution in [0.5, 0.6) is 0 Å². The van der Waals surface area contributed by atoms with Gasteiger partial charge in [0.2, 0.25) is 0 Å². The molecule has 1 saturated heterocycles. The van der Waals surface area contributed by atoms with Crippen molar-refractivity contribution < 1.29 is 9.53 Å². The summed E-state index contributed by atoms with van der Waals surface area (Å²) < 4.78 is 5.30. The quantitative estimate of drug-likeness (QED) is 0.726. The van der Waals surface area contributed by atoms with Crippen LogP contribution in [0.1, 0.15) is 25.7 Å². The number of ether oxygens (including phenoxy) is 1. The zero-order chi connectivity index (χ0) is 11.6. The third-order valence-electron chi connectivity index (χ3n) is 3.61. The molecule has 5 heteroatoms. The average molecular weight is 227 g/mol. The lowest BCUT2D eigenvalue weighted by Crippen LogP contribution is -2.46. The van der Waals surface area contributed by atoms with Crippen molar-refractivity contribution in [1.82, 2.24) is 4.90 Å². The van der Waals surface area contributed by atoms with E-state index in [2.05, 4.69) is 0 Å². The molecule has 1 saturated carbocycles. The average Bonchev–Trinajstić information content (AvgIpc) is 3.07. The maximum Gasteiger partial charge on any atom is 0.409 e. The molecule has 1 aliphatic heterocycles. The first kappa shape index (κ1) is 11.7. The van der Waals surface area contributed by atoms with Crippen molar-refractivity contribution >= 4 is 6.09 Å². The van der Waals surface area contributed by atoms with E-state index in [1.807, 2.05) is 0 Å². The van der Waals surface area contributed by atoms with E-state index in [4.69, 9.17) is 16.2 Å². The van der Waals surface area contributed by atoms with Crippen molar-refractivity contribution in [2.75, 3.05) is 26.2 Å². The Kier molecular flexibility index (Phi) is 3.35. The molecule has 4 N–H and O–H groups in total. The summed E-state index contributed by atoms with van der Waals surface area (Å²) in [7, 11) is 0. The third-order valence-corrected chi connectivity index (χ3v) is 3.61. The smallest absolute Gasteiger partial charge is 0.409 e. The highest BCUT2D eigenvalue weighted by molar-refractivity contribution is 5.67. The summed E-state index contributed by atoms with van der Waals surface area (Å²) in [6.07, 6.45) is 3.90. The maximum atomic E-state index is 11.7. The SMILES string of the molecule is NCC1(COC(=O)N2CCC[C@H](N)C2)CC1. The van der Waals surface area contributed by atoms with Crippen molar-refractivity contribution in [1.29, 1.82) is 0 Å². The van der Waals surface area contributed by atoms with Gasteiger partial charge in [0.1, 0.15) is 6.61 Å². The maximum absolute atomic E-state index is 11.7. The second-order valence-electron chi connectivity index (χ2n) is 5.11. The second-order valence-corrected chi connectivity index (χ2v) is 5.11. The van der Waals surface area contributed by atoms with E-state index in [1.165, 1.54) is 0 Å². The Labute approximate surface area is 96.1 Å². The van der Waals surface area contributed by atoms with Gasteiger partial charge in [0, 0.05) is 31.1 Å². The van der Waals surface area contributed by atoms with Crippen LogP contribution in [0.2, 0.25) is 0 Å². The number of nitrogens with two attached hydrogens (primary N) is 2. The summed E-state index contributed by atoms with van der Waals surface area (Å²) in [6, 6.07) is 0.102. The molecule has 92 valence electrons. The summed E-state index contributed by atoms with van der Waals surface area (Å²) in [6.45, 7) is 2.46. The fourth-order valence-electron chi connectivity index (χ4n) is 2.07. The molecule has 2 rings (SSSR count). The van der Waals surface area contributed by atoms with Gasteiger partial charge in [0.05, 0.1) is 0 Å². The van der Waals surface area contributed by atoms with Crippen LogP contribution in [-0.4, -0.2) is 43.3 Å². The molecular weight excluding hydrogens is 206 g/mol. The minimum Gasteiger partial charge on any atom is -0.449 e. The molecule has 0 aromatic carbocycles. The number of nitrogens with zero attached hydrogens (tertiary/aromatic N) is 1. The monoisotopic (exact) mass is 227 g/mol. The summed E-state index contributed by atoms with van der Waals surface area (Å²) in [5.41, 5.74) is 11.5. The Balaban J connectivity index is 1.75. The highest BCUT2D eigenvalue weighted by Crippen LogP contribution is 2.44. The van der Waals surface area contributed by atoms with E-state index in [0.717, 1.165) is 32.2 Å². The topological polar surface area (TPSA) is 81.6 Å². The number of carbonyl (C=O) groups excluding carboxylic acids is 1. The van der Waals surface area contributed by atoms with Crippen LogP contribution in [0.4, 0.5) is 4.79 Å². The summed E-state index contributed by atoms with van der Waals surface area (Å²) in [5, 5.41) is 0. The lowest BCUT2D eigenvalue weighted by atomic mass is 10.1. The second kappa shape index (κ2) is 4.59. The van der Waals surface area contributed by atoms with E-state index in [1.54, 1.807) is 4.90 Å². The normalized spacial score (nSPS) is 27.6. The van der Waals surface area contributed by atoms with Crippen molar-refractivity contribution in [2.45, 2.75) is 31.7 Å². The fraction of sp³-hybridized carbons (Fsp3) is 0.909. The molecule has 0 aromatic heterocycles. The van der Waals surface area contributed by atoms with E-state index in [0.29, 0.717) is 19.7 Å². The molecule has 0 bridgehead atoms. The predicted molar refractivity (Wildman–Crippen MR) is 60.9 cm³/mol. The largest absolute Gasteiger partial charge is 0.449 e. The fourth-order valence-corrected chi connectivity index (χ4v) is 2.07. The van der Waals surface area contributed by atoms with Crippen LogP contribution in [-0.2, 0) is 4.74 Å². The number of hydrogen-bond donors (Lipinski definition) is 2. The highest BCUT2D eigenvalue weighted by atomic mass is 16.6. The minimum absolute atomic E-state index is 0.0908. The van der Waals surface area contributed by atoms with Gasteiger partial charge in [0.15, 0.2) is 0 Å². The lowest BCUT2D eigenvalue weighted by Gasteiger charge is -2.30. The number of amides is 1. The van der Waals surface area contributed by atoms with Gasteiger partial charge in [-0.2, -0.15) is 0 Å². The number of piperidine rings is 1. The van der Waals surface area contributed by atoms with E-state index >= 15 is 0 Å². The Morgan fingerprint density at radius 2 is 2.25 bits per heavy atom. The van der Waals surface area contributed by atoms with Gasteiger partial charge >= 0.3 is 6.09 Å². The number of likely N-dealkylation sites (tertiary alicyclic amines) is 1. The van der Waals surface area contributed by atoms with Crippen LogP contribution in [0.3, 0.4) is 0 Å². The first-order valence-corrected chi connectivity index (χ1v) is 6.03. The van der Waals surface area contributed by atoms with E-state index in [-0.39, 0.29) is 17.6 Å². The molecule has 0 spiro atoms. The van der Waals surface area contributed by atoms with Gasteiger partial charge in [0.25, 0.3) is 0 Å². The van der Waals surface area contributed by atoms with Crippen LogP contribution >= 0.6 is 0 Å². The van der Waals surface area contributed by atoms with Crippen molar-refractivity contribution in [3.63, 3.8) is 0 Å². The molecule has 2 aliphatic rings. The van der Waals surface area contributed by atoms with Gasteiger partial charge in [-0.3, -0.25) is 0 Å². The minimum atomic E-state index is -0.227. The van der Waals surface area contributed by atoms with Crippen LogP contribution < -0.4 is 11.5 Å². The Morgan fingerprint density at radius 3 is 2.81 bits per heavy atom. The number of hydrogen-bond acceptors (Lipinski definition) is 4. The summed E-state index contributed by atoms with van der Waals surface area (Å²) in [4.78, 5) is 13.5. The molecular formula is C11H21N3O2. The van der Waals surface area contributed by atoms with Gasteiger partial charge < -0.3 is 21.1 Å². The molecule has 1 atom stereocenters. The molecule has 0 aromatic rings. The van der Waals surface area contributed by atoms with Crippen LogP contribution in [0.15, 0.2) is 0 Å². The Bertz CT molecular complexity index is 266. The standard InChI is InChI=1S/C11H21N3O2/c12-7-11(3-4-11)8-16-10(15)14-5-1-2-9(13)6-14/h9H,1-8,12-13H2/t9-/m0/s1. The molecule has 2 fully saturated rings. The van der Waals surface area contributed by atoms with Gasteiger partial charge in [-0.15, -0.1) is 0 Å². The molecule has 1 amide bonds. The molecule has 1 heterocycles. The van der Waals surface area contributed by atoms with Crippen LogP contribution in [0, 0.1) is 5.41 Å². The van der Waals surface area contributed by atoms with Gasteiger partial charge in [-0.25, -0.2) is 4.79 Å².